The first-order chi connectivity index (χ1) is 5.99. The lowest BCUT2D eigenvalue weighted by molar-refractivity contribution is -0.147. The quantitative estimate of drug-likeness (QED) is 0.712. The van der Waals surface area contributed by atoms with Gasteiger partial charge in [0.15, 0.2) is 5.41 Å². The molecule has 0 aromatic carbocycles. The molecule has 2 atom stereocenters. The SMILES string of the molecule is CCCC[C@@H](C)C(C)(C#N)C(=O)O. The maximum absolute atomic E-state index is 10.8. The van der Waals surface area contributed by atoms with Crippen LogP contribution in [0.25, 0.3) is 0 Å². The molecular weight excluding hydrogens is 166 g/mol. The third kappa shape index (κ3) is 2.73. The zero-order valence-electron chi connectivity index (χ0n) is 8.50. The number of aliphatic carboxylic acids is 1. The van der Waals surface area contributed by atoms with E-state index in [9.17, 15) is 4.79 Å². The van der Waals surface area contributed by atoms with Crippen molar-refractivity contribution in [2.75, 3.05) is 0 Å². The molecule has 0 aromatic rings. The van der Waals surface area contributed by atoms with Crippen LogP contribution in [0.3, 0.4) is 0 Å². The van der Waals surface area contributed by atoms with Crippen LogP contribution in [0.4, 0.5) is 0 Å². The lowest BCUT2D eigenvalue weighted by Crippen LogP contribution is -2.32. The molecular formula is C10H17NO2. The molecule has 0 heterocycles. The molecule has 0 rings (SSSR count). The zero-order valence-corrected chi connectivity index (χ0v) is 8.50. The molecule has 3 nitrogen and oxygen atoms in total. The summed E-state index contributed by atoms with van der Waals surface area (Å²) in [5.41, 5.74) is -1.23. The molecule has 0 saturated heterocycles. The highest BCUT2D eigenvalue weighted by Gasteiger charge is 2.38. The molecule has 0 saturated carbocycles. The van der Waals surface area contributed by atoms with Gasteiger partial charge in [0.2, 0.25) is 0 Å². The summed E-state index contributed by atoms with van der Waals surface area (Å²) in [6.07, 6.45) is 2.81. The Balaban J connectivity index is 4.41. The average Bonchev–Trinajstić information content (AvgIpc) is 2.12. The largest absolute Gasteiger partial charge is 0.480 e. The minimum absolute atomic E-state index is 0.0880. The normalized spacial score (nSPS) is 17.1. The summed E-state index contributed by atoms with van der Waals surface area (Å²) in [6, 6.07) is 1.89. The van der Waals surface area contributed by atoms with Gasteiger partial charge in [-0.2, -0.15) is 5.26 Å². The number of unbranched alkanes of at least 4 members (excludes halogenated alkanes) is 1. The van der Waals surface area contributed by atoms with Gasteiger partial charge in [0.25, 0.3) is 0 Å². The summed E-state index contributed by atoms with van der Waals surface area (Å²) in [6.45, 7) is 5.37. The van der Waals surface area contributed by atoms with Crippen LogP contribution in [0, 0.1) is 22.7 Å². The summed E-state index contributed by atoms with van der Waals surface area (Å²) in [7, 11) is 0. The second-order valence-corrected chi connectivity index (χ2v) is 3.66. The fraction of sp³-hybridized carbons (Fsp3) is 0.800. The Labute approximate surface area is 79.4 Å². The average molecular weight is 183 g/mol. The predicted molar refractivity (Wildman–Crippen MR) is 50.0 cm³/mol. The standard InChI is InChI=1S/C10H17NO2/c1-4-5-6-8(2)10(3,7-11)9(12)13/h8H,4-6H2,1-3H3,(H,12,13)/t8-,10?/m1/s1. The Hall–Kier alpha value is -1.04. The van der Waals surface area contributed by atoms with Crippen LogP contribution >= 0.6 is 0 Å². The fourth-order valence-electron chi connectivity index (χ4n) is 1.17. The molecule has 1 unspecified atom stereocenters. The summed E-state index contributed by atoms with van der Waals surface area (Å²) < 4.78 is 0. The van der Waals surface area contributed by atoms with Crippen molar-refractivity contribution in [3.05, 3.63) is 0 Å². The van der Waals surface area contributed by atoms with Crippen molar-refractivity contribution < 1.29 is 9.90 Å². The van der Waals surface area contributed by atoms with E-state index >= 15 is 0 Å². The molecule has 0 bridgehead atoms. The van der Waals surface area contributed by atoms with Gasteiger partial charge in [0.05, 0.1) is 6.07 Å². The molecule has 0 radical (unpaired) electrons. The van der Waals surface area contributed by atoms with Crippen molar-refractivity contribution in [2.24, 2.45) is 11.3 Å². The van der Waals surface area contributed by atoms with Crippen LogP contribution in [0.2, 0.25) is 0 Å². The lowest BCUT2D eigenvalue weighted by Gasteiger charge is -2.23. The smallest absolute Gasteiger partial charge is 0.324 e. The van der Waals surface area contributed by atoms with Crippen LogP contribution in [-0.2, 0) is 4.79 Å². The van der Waals surface area contributed by atoms with Crippen LogP contribution in [0.15, 0.2) is 0 Å². The molecule has 0 aliphatic heterocycles. The Bertz CT molecular complexity index is 219. The van der Waals surface area contributed by atoms with E-state index in [2.05, 4.69) is 6.92 Å². The minimum atomic E-state index is -1.23. The Morgan fingerprint density at radius 3 is 2.54 bits per heavy atom. The fourth-order valence-corrected chi connectivity index (χ4v) is 1.17. The highest BCUT2D eigenvalue weighted by Crippen LogP contribution is 2.30. The van der Waals surface area contributed by atoms with Crippen molar-refractivity contribution in [1.29, 1.82) is 5.26 Å². The van der Waals surface area contributed by atoms with Crippen LogP contribution < -0.4 is 0 Å². The van der Waals surface area contributed by atoms with E-state index in [0.29, 0.717) is 0 Å². The summed E-state index contributed by atoms with van der Waals surface area (Å²) in [5.74, 6) is -1.10. The zero-order chi connectivity index (χ0) is 10.5. The van der Waals surface area contributed by atoms with E-state index in [4.69, 9.17) is 10.4 Å². The Morgan fingerprint density at radius 2 is 2.23 bits per heavy atom. The predicted octanol–water partition coefficient (Wildman–Crippen LogP) is 2.43. The van der Waals surface area contributed by atoms with Crippen molar-refractivity contribution in [3.63, 3.8) is 0 Å². The van der Waals surface area contributed by atoms with E-state index in [1.807, 2.05) is 13.0 Å². The van der Waals surface area contributed by atoms with Gasteiger partial charge >= 0.3 is 5.97 Å². The van der Waals surface area contributed by atoms with Gasteiger partial charge in [-0.1, -0.05) is 26.7 Å². The number of hydrogen-bond acceptors (Lipinski definition) is 2. The highest BCUT2D eigenvalue weighted by atomic mass is 16.4. The van der Waals surface area contributed by atoms with Crippen LogP contribution in [-0.4, -0.2) is 11.1 Å². The van der Waals surface area contributed by atoms with E-state index in [1.54, 1.807) is 0 Å². The molecule has 0 aliphatic rings. The van der Waals surface area contributed by atoms with E-state index in [-0.39, 0.29) is 5.92 Å². The van der Waals surface area contributed by atoms with Gasteiger partial charge < -0.3 is 5.11 Å². The molecule has 0 fully saturated rings. The van der Waals surface area contributed by atoms with Crippen molar-refractivity contribution in [2.45, 2.75) is 40.0 Å². The molecule has 0 amide bonds. The Morgan fingerprint density at radius 1 is 1.69 bits per heavy atom. The van der Waals surface area contributed by atoms with Crippen molar-refractivity contribution >= 4 is 5.97 Å². The van der Waals surface area contributed by atoms with E-state index in [0.717, 1.165) is 19.3 Å². The van der Waals surface area contributed by atoms with Crippen LogP contribution in [0.1, 0.15) is 40.0 Å². The Kier molecular flexibility index (Phi) is 4.47. The van der Waals surface area contributed by atoms with E-state index < -0.39 is 11.4 Å². The highest BCUT2D eigenvalue weighted by molar-refractivity contribution is 5.77. The number of nitrogens with zero attached hydrogens (tertiary/aromatic N) is 1. The number of nitriles is 1. The maximum atomic E-state index is 10.8. The van der Waals surface area contributed by atoms with E-state index in [1.165, 1.54) is 6.92 Å². The molecule has 1 N–H and O–H groups in total. The second kappa shape index (κ2) is 4.86. The molecule has 3 heteroatoms. The van der Waals surface area contributed by atoms with Gasteiger partial charge in [0.1, 0.15) is 0 Å². The minimum Gasteiger partial charge on any atom is -0.480 e. The van der Waals surface area contributed by atoms with Gasteiger partial charge in [0, 0.05) is 0 Å². The van der Waals surface area contributed by atoms with Crippen molar-refractivity contribution in [1.82, 2.24) is 0 Å². The third-order valence-electron chi connectivity index (χ3n) is 2.65. The van der Waals surface area contributed by atoms with Crippen LogP contribution in [0.5, 0.6) is 0 Å². The molecule has 0 aromatic heterocycles. The first-order valence-electron chi connectivity index (χ1n) is 4.63. The third-order valence-corrected chi connectivity index (χ3v) is 2.65. The maximum Gasteiger partial charge on any atom is 0.324 e. The number of rotatable bonds is 5. The number of carboxylic acid groups (broad SMARTS) is 1. The van der Waals surface area contributed by atoms with Gasteiger partial charge in [-0.15, -0.1) is 0 Å². The molecule has 13 heavy (non-hydrogen) atoms. The first-order valence-corrected chi connectivity index (χ1v) is 4.63. The second-order valence-electron chi connectivity index (χ2n) is 3.66. The number of hydrogen-bond donors (Lipinski definition) is 1. The molecule has 0 spiro atoms. The van der Waals surface area contributed by atoms with Gasteiger partial charge in [-0.25, -0.2) is 0 Å². The molecule has 0 aliphatic carbocycles. The first kappa shape index (κ1) is 12.0. The number of carbonyl (C=O) groups is 1. The molecule has 74 valence electrons. The number of carboxylic acids is 1. The van der Waals surface area contributed by atoms with Crippen molar-refractivity contribution in [3.8, 4) is 6.07 Å². The summed E-state index contributed by atoms with van der Waals surface area (Å²) in [5, 5.41) is 17.7. The summed E-state index contributed by atoms with van der Waals surface area (Å²) >= 11 is 0. The summed E-state index contributed by atoms with van der Waals surface area (Å²) in [4.78, 5) is 10.8. The van der Waals surface area contributed by atoms with Gasteiger partial charge in [-0.3, -0.25) is 4.79 Å². The monoisotopic (exact) mass is 183 g/mol. The lowest BCUT2D eigenvalue weighted by atomic mass is 9.77. The topological polar surface area (TPSA) is 61.1 Å². The van der Waals surface area contributed by atoms with Gasteiger partial charge in [-0.05, 0) is 19.3 Å².